The van der Waals surface area contributed by atoms with Crippen LogP contribution < -0.4 is 14.9 Å². The maximum absolute atomic E-state index is 12.0. The molecule has 1 saturated heterocycles. The molecule has 2 aromatic carbocycles. The molecular formula is C22H24ClN3O4S. The Hall–Kier alpha value is -2.84. The van der Waals surface area contributed by atoms with Crippen molar-refractivity contribution in [3.05, 3.63) is 65.2 Å². The molecule has 9 heteroatoms. The number of amides is 2. The summed E-state index contributed by atoms with van der Waals surface area (Å²) in [7, 11) is -3.20. The number of carbonyl (C=O) groups is 2. The summed E-state index contributed by atoms with van der Waals surface area (Å²) >= 11 is 5.81. The third-order valence-corrected chi connectivity index (χ3v) is 6.84. The number of nitrogens with one attached hydrogen (secondary N) is 2. The Morgan fingerprint density at radius 3 is 2.42 bits per heavy atom. The average Bonchev–Trinajstić information content (AvgIpc) is 3.11. The largest absolute Gasteiger partial charge is 0.353 e. The zero-order valence-corrected chi connectivity index (χ0v) is 18.5. The number of hydrogen-bond acceptors (Lipinski definition) is 4. The Kier molecular flexibility index (Phi) is 7.70. The zero-order chi connectivity index (χ0) is 22.3. The number of anilines is 2. The highest BCUT2D eigenvalue weighted by Crippen LogP contribution is 2.24. The number of nitrogens with zero attached hydrogens (tertiary/aromatic N) is 1. The molecule has 31 heavy (non-hydrogen) atoms. The van der Waals surface area contributed by atoms with Crippen LogP contribution in [0.5, 0.6) is 0 Å². The van der Waals surface area contributed by atoms with Crippen LogP contribution in [0.1, 0.15) is 24.8 Å². The van der Waals surface area contributed by atoms with E-state index in [0.717, 1.165) is 5.56 Å². The van der Waals surface area contributed by atoms with E-state index in [0.29, 0.717) is 42.3 Å². The predicted octanol–water partition coefficient (Wildman–Crippen LogP) is 3.43. The van der Waals surface area contributed by atoms with E-state index in [1.54, 1.807) is 54.6 Å². The topological polar surface area (TPSA) is 95.6 Å². The zero-order valence-electron chi connectivity index (χ0n) is 16.9. The summed E-state index contributed by atoms with van der Waals surface area (Å²) in [6.45, 7) is 0.876. The Morgan fingerprint density at radius 1 is 1.06 bits per heavy atom. The highest BCUT2D eigenvalue weighted by molar-refractivity contribution is 7.93. The molecule has 0 spiro atoms. The van der Waals surface area contributed by atoms with Crippen LogP contribution in [-0.2, 0) is 19.6 Å². The van der Waals surface area contributed by atoms with E-state index in [2.05, 4.69) is 10.6 Å². The second kappa shape index (κ2) is 10.5. The lowest BCUT2D eigenvalue weighted by Crippen LogP contribution is -2.24. The van der Waals surface area contributed by atoms with Gasteiger partial charge in [0.1, 0.15) is 0 Å². The first-order valence-electron chi connectivity index (χ1n) is 9.95. The molecule has 0 unspecified atom stereocenters. The van der Waals surface area contributed by atoms with Crippen LogP contribution in [0.25, 0.3) is 6.08 Å². The molecular weight excluding hydrogens is 438 g/mol. The molecule has 1 aliphatic heterocycles. The van der Waals surface area contributed by atoms with Gasteiger partial charge in [0.05, 0.1) is 11.4 Å². The number of carbonyl (C=O) groups excluding carboxylic acids is 2. The first-order chi connectivity index (χ1) is 14.8. The molecule has 164 valence electrons. The first kappa shape index (κ1) is 22.8. The molecule has 1 aliphatic rings. The molecule has 7 nitrogen and oxygen atoms in total. The molecule has 0 bridgehead atoms. The lowest BCUT2D eigenvalue weighted by molar-refractivity contribution is -0.118. The summed E-state index contributed by atoms with van der Waals surface area (Å²) in [5.74, 6) is -0.214. The fourth-order valence-electron chi connectivity index (χ4n) is 3.13. The van der Waals surface area contributed by atoms with Crippen molar-refractivity contribution in [2.75, 3.05) is 28.5 Å². The molecule has 1 heterocycles. The molecule has 2 N–H and O–H groups in total. The molecule has 0 aliphatic carbocycles. The van der Waals surface area contributed by atoms with Crippen molar-refractivity contribution in [1.82, 2.24) is 5.32 Å². The van der Waals surface area contributed by atoms with E-state index in [-0.39, 0.29) is 24.0 Å². The minimum Gasteiger partial charge on any atom is -0.353 e. The Balaban J connectivity index is 1.38. The van der Waals surface area contributed by atoms with Crippen LogP contribution in [0.4, 0.5) is 11.4 Å². The maximum Gasteiger partial charge on any atom is 0.243 e. The van der Waals surface area contributed by atoms with Crippen molar-refractivity contribution in [1.29, 1.82) is 0 Å². The van der Waals surface area contributed by atoms with Gasteiger partial charge in [-0.2, -0.15) is 0 Å². The number of hydrogen-bond donors (Lipinski definition) is 2. The molecule has 2 amide bonds. The van der Waals surface area contributed by atoms with E-state index in [1.165, 1.54) is 10.4 Å². The summed E-state index contributed by atoms with van der Waals surface area (Å²) in [4.78, 5) is 23.9. The molecule has 0 saturated carbocycles. The Labute approximate surface area is 187 Å². The average molecular weight is 462 g/mol. The lowest BCUT2D eigenvalue weighted by Gasteiger charge is -2.16. The standard InChI is InChI=1S/C22H24ClN3O4S/c23-18-7-9-19(10-8-18)25-22(28)3-1-14-24-21(27)13-6-17-4-11-20(12-5-17)26-15-2-16-31(26,29)30/h4-13H,1-3,14-16H2,(H,24,27)(H,25,28)/b13-6+. The summed E-state index contributed by atoms with van der Waals surface area (Å²) in [6.07, 6.45) is 4.50. The minimum atomic E-state index is -3.20. The highest BCUT2D eigenvalue weighted by atomic mass is 35.5. The van der Waals surface area contributed by atoms with Crippen molar-refractivity contribution in [2.24, 2.45) is 0 Å². The minimum absolute atomic E-state index is 0.132. The van der Waals surface area contributed by atoms with Crippen molar-refractivity contribution < 1.29 is 18.0 Å². The van der Waals surface area contributed by atoms with E-state index < -0.39 is 10.0 Å². The van der Waals surface area contributed by atoms with Gasteiger partial charge in [0, 0.05) is 36.3 Å². The van der Waals surface area contributed by atoms with Gasteiger partial charge < -0.3 is 10.6 Å². The second-order valence-electron chi connectivity index (χ2n) is 7.12. The molecule has 0 atom stereocenters. The van der Waals surface area contributed by atoms with Crippen LogP contribution >= 0.6 is 11.6 Å². The van der Waals surface area contributed by atoms with Crippen LogP contribution in [0.2, 0.25) is 5.02 Å². The number of sulfonamides is 1. The smallest absolute Gasteiger partial charge is 0.243 e. The van der Waals surface area contributed by atoms with Gasteiger partial charge in [-0.15, -0.1) is 0 Å². The van der Waals surface area contributed by atoms with Gasteiger partial charge in [-0.05, 0) is 60.9 Å². The van der Waals surface area contributed by atoms with E-state index in [4.69, 9.17) is 11.6 Å². The van der Waals surface area contributed by atoms with Gasteiger partial charge in [-0.1, -0.05) is 23.7 Å². The van der Waals surface area contributed by atoms with Crippen molar-refractivity contribution in [3.8, 4) is 0 Å². The SMILES string of the molecule is O=C(/C=C/c1ccc(N2CCCS2(=O)=O)cc1)NCCCC(=O)Nc1ccc(Cl)cc1. The van der Waals surface area contributed by atoms with Crippen molar-refractivity contribution >= 4 is 50.9 Å². The normalized spacial score (nSPS) is 15.2. The first-order valence-corrected chi connectivity index (χ1v) is 11.9. The quantitative estimate of drug-likeness (QED) is 0.465. The van der Waals surface area contributed by atoms with Gasteiger partial charge in [-0.3, -0.25) is 13.9 Å². The number of rotatable bonds is 8. The van der Waals surface area contributed by atoms with Crippen LogP contribution in [0.3, 0.4) is 0 Å². The van der Waals surface area contributed by atoms with Gasteiger partial charge in [0.2, 0.25) is 21.8 Å². The number of halogens is 1. The summed E-state index contributed by atoms with van der Waals surface area (Å²) in [5, 5.41) is 6.11. The van der Waals surface area contributed by atoms with Crippen LogP contribution in [-0.4, -0.2) is 39.1 Å². The summed E-state index contributed by atoms with van der Waals surface area (Å²) < 4.78 is 25.3. The molecule has 0 radical (unpaired) electrons. The second-order valence-corrected chi connectivity index (χ2v) is 9.57. The molecule has 1 fully saturated rings. The Morgan fingerprint density at radius 2 is 1.77 bits per heavy atom. The van der Waals surface area contributed by atoms with Gasteiger partial charge in [-0.25, -0.2) is 8.42 Å². The van der Waals surface area contributed by atoms with E-state index in [1.807, 2.05) is 0 Å². The third kappa shape index (κ3) is 6.83. The van der Waals surface area contributed by atoms with Gasteiger partial charge in [0.15, 0.2) is 0 Å². The summed E-state index contributed by atoms with van der Waals surface area (Å²) in [6, 6.07) is 13.9. The third-order valence-electron chi connectivity index (χ3n) is 4.72. The van der Waals surface area contributed by atoms with Gasteiger partial charge in [0.25, 0.3) is 0 Å². The fraction of sp³-hybridized carbons (Fsp3) is 0.273. The monoisotopic (exact) mass is 461 g/mol. The summed E-state index contributed by atoms with van der Waals surface area (Å²) in [5.41, 5.74) is 2.10. The van der Waals surface area contributed by atoms with Crippen LogP contribution in [0, 0.1) is 0 Å². The number of benzene rings is 2. The van der Waals surface area contributed by atoms with Gasteiger partial charge >= 0.3 is 0 Å². The molecule has 2 aromatic rings. The van der Waals surface area contributed by atoms with E-state index in [9.17, 15) is 18.0 Å². The maximum atomic E-state index is 12.0. The van der Waals surface area contributed by atoms with Crippen molar-refractivity contribution in [3.63, 3.8) is 0 Å². The van der Waals surface area contributed by atoms with Crippen molar-refractivity contribution in [2.45, 2.75) is 19.3 Å². The lowest BCUT2D eigenvalue weighted by atomic mass is 10.2. The predicted molar refractivity (Wildman–Crippen MR) is 124 cm³/mol. The molecule has 0 aromatic heterocycles. The highest BCUT2D eigenvalue weighted by Gasteiger charge is 2.28. The molecule has 3 rings (SSSR count). The fourth-order valence-corrected chi connectivity index (χ4v) is 4.82. The Bertz CT molecular complexity index is 1050. The van der Waals surface area contributed by atoms with Crippen LogP contribution in [0.15, 0.2) is 54.6 Å². The van der Waals surface area contributed by atoms with E-state index >= 15 is 0 Å².